The minimum absolute atomic E-state index is 0.155. The molecule has 0 saturated carbocycles. The molecule has 8 heteroatoms. The maximum atomic E-state index is 12.4. The highest BCUT2D eigenvalue weighted by atomic mass is 35.5. The minimum Gasteiger partial charge on any atom is -0.340 e. The van der Waals surface area contributed by atoms with Crippen molar-refractivity contribution in [3.05, 3.63) is 68.7 Å². The van der Waals surface area contributed by atoms with Crippen LogP contribution in [0.5, 0.6) is 0 Å². The first-order chi connectivity index (χ1) is 12.8. The normalized spacial score (nSPS) is 12.2. The summed E-state index contributed by atoms with van der Waals surface area (Å²) in [5.74, 6) is -0.999. The van der Waals surface area contributed by atoms with E-state index in [1.54, 1.807) is 36.4 Å². The first-order valence-corrected chi connectivity index (χ1v) is 9.26. The van der Waals surface area contributed by atoms with Crippen LogP contribution in [0.15, 0.2) is 47.6 Å². The molecular formula is C19H18Cl3N3O2. The second-order valence-electron chi connectivity index (χ2n) is 6.08. The van der Waals surface area contributed by atoms with Crippen LogP contribution in [0.4, 0.5) is 0 Å². The van der Waals surface area contributed by atoms with E-state index in [0.717, 1.165) is 0 Å². The Bertz CT molecular complexity index is 869. The molecule has 1 atom stereocenters. The molecule has 5 nitrogen and oxygen atoms in total. The summed E-state index contributed by atoms with van der Waals surface area (Å²) < 4.78 is 0. The van der Waals surface area contributed by atoms with Crippen molar-refractivity contribution in [1.82, 2.24) is 10.7 Å². The second kappa shape index (κ2) is 9.74. The number of rotatable bonds is 6. The number of carbonyl (C=O) groups is 2. The van der Waals surface area contributed by atoms with E-state index < -0.39 is 17.9 Å². The third-order valence-electron chi connectivity index (χ3n) is 3.68. The van der Waals surface area contributed by atoms with Crippen molar-refractivity contribution in [2.24, 2.45) is 11.0 Å². The Labute approximate surface area is 172 Å². The minimum atomic E-state index is -0.775. The lowest BCUT2D eigenvalue weighted by Gasteiger charge is -2.20. The zero-order chi connectivity index (χ0) is 20.0. The standard InChI is InChI=1S/C19H18Cl3N3O2/c1-11(2)17(24-18(26)12-5-3-7-14(20)9-12)19(27)25-23-10-13-6-4-8-15(21)16(13)22/h3-11,17H,1-2H3,(H,24,26)(H,25,27)/b23-10+. The highest BCUT2D eigenvalue weighted by Crippen LogP contribution is 2.24. The van der Waals surface area contributed by atoms with E-state index in [1.807, 2.05) is 13.8 Å². The Hall–Kier alpha value is -2.08. The SMILES string of the molecule is CC(C)C(NC(=O)c1cccc(Cl)c1)C(=O)N/N=C/c1cccc(Cl)c1Cl. The van der Waals surface area contributed by atoms with Gasteiger partial charge in [-0.3, -0.25) is 9.59 Å². The van der Waals surface area contributed by atoms with Gasteiger partial charge in [-0.15, -0.1) is 0 Å². The zero-order valence-corrected chi connectivity index (χ0v) is 16.9. The zero-order valence-electron chi connectivity index (χ0n) is 14.7. The average molecular weight is 427 g/mol. The predicted octanol–water partition coefficient (Wildman–Crippen LogP) is 4.55. The molecule has 0 aliphatic carbocycles. The molecule has 2 rings (SSSR count). The van der Waals surface area contributed by atoms with Gasteiger partial charge in [0, 0.05) is 16.1 Å². The van der Waals surface area contributed by atoms with Gasteiger partial charge in [-0.25, -0.2) is 5.43 Å². The summed E-state index contributed by atoms with van der Waals surface area (Å²) >= 11 is 17.9. The van der Waals surface area contributed by atoms with E-state index >= 15 is 0 Å². The molecule has 2 aromatic rings. The van der Waals surface area contributed by atoms with Gasteiger partial charge < -0.3 is 5.32 Å². The third-order valence-corrected chi connectivity index (χ3v) is 4.75. The van der Waals surface area contributed by atoms with Crippen molar-refractivity contribution < 1.29 is 9.59 Å². The van der Waals surface area contributed by atoms with Gasteiger partial charge in [0.25, 0.3) is 11.8 Å². The first-order valence-electron chi connectivity index (χ1n) is 8.13. The van der Waals surface area contributed by atoms with Crippen LogP contribution < -0.4 is 10.7 Å². The molecule has 142 valence electrons. The molecule has 1 unspecified atom stereocenters. The van der Waals surface area contributed by atoms with Crippen LogP contribution in [0.25, 0.3) is 0 Å². The van der Waals surface area contributed by atoms with Gasteiger partial charge in [-0.2, -0.15) is 5.10 Å². The van der Waals surface area contributed by atoms with Gasteiger partial charge in [0.05, 0.1) is 16.3 Å². The molecule has 0 spiro atoms. The smallest absolute Gasteiger partial charge is 0.262 e. The van der Waals surface area contributed by atoms with Crippen LogP contribution in [-0.2, 0) is 4.79 Å². The summed E-state index contributed by atoms with van der Waals surface area (Å²) in [6.07, 6.45) is 1.39. The van der Waals surface area contributed by atoms with Crippen molar-refractivity contribution in [2.75, 3.05) is 0 Å². The van der Waals surface area contributed by atoms with E-state index in [9.17, 15) is 9.59 Å². The third kappa shape index (κ3) is 5.96. The average Bonchev–Trinajstić information content (AvgIpc) is 2.62. The van der Waals surface area contributed by atoms with Crippen molar-refractivity contribution >= 4 is 52.8 Å². The number of hydrazone groups is 1. The lowest BCUT2D eigenvalue weighted by atomic mass is 10.0. The Kier molecular flexibility index (Phi) is 7.66. The quantitative estimate of drug-likeness (QED) is 0.525. The van der Waals surface area contributed by atoms with Crippen molar-refractivity contribution in [3.8, 4) is 0 Å². The molecule has 0 bridgehead atoms. The lowest BCUT2D eigenvalue weighted by Crippen LogP contribution is -2.48. The Morgan fingerprint density at radius 1 is 1.07 bits per heavy atom. The molecule has 0 fully saturated rings. The topological polar surface area (TPSA) is 70.6 Å². The van der Waals surface area contributed by atoms with Crippen molar-refractivity contribution in [1.29, 1.82) is 0 Å². The van der Waals surface area contributed by atoms with E-state index in [1.165, 1.54) is 12.3 Å². The number of nitrogens with zero attached hydrogens (tertiary/aromatic N) is 1. The molecule has 0 saturated heterocycles. The van der Waals surface area contributed by atoms with E-state index in [-0.39, 0.29) is 5.92 Å². The molecular weight excluding hydrogens is 409 g/mol. The van der Waals surface area contributed by atoms with Crippen molar-refractivity contribution in [2.45, 2.75) is 19.9 Å². The maximum absolute atomic E-state index is 12.4. The number of nitrogens with one attached hydrogen (secondary N) is 2. The van der Waals surface area contributed by atoms with Crippen LogP contribution in [0, 0.1) is 5.92 Å². The van der Waals surface area contributed by atoms with Crippen LogP contribution in [0.3, 0.4) is 0 Å². The molecule has 2 aromatic carbocycles. The number of hydrogen-bond acceptors (Lipinski definition) is 3. The van der Waals surface area contributed by atoms with E-state index in [0.29, 0.717) is 26.2 Å². The lowest BCUT2D eigenvalue weighted by molar-refractivity contribution is -0.123. The highest BCUT2D eigenvalue weighted by molar-refractivity contribution is 6.43. The largest absolute Gasteiger partial charge is 0.340 e. The van der Waals surface area contributed by atoms with Crippen LogP contribution >= 0.6 is 34.8 Å². The van der Waals surface area contributed by atoms with Gasteiger partial charge in [0.1, 0.15) is 6.04 Å². The predicted molar refractivity (Wildman–Crippen MR) is 110 cm³/mol. The molecule has 2 amide bonds. The molecule has 0 aliphatic heterocycles. The fraction of sp³-hybridized carbons (Fsp3) is 0.211. The number of benzene rings is 2. The van der Waals surface area contributed by atoms with Crippen molar-refractivity contribution in [3.63, 3.8) is 0 Å². The fourth-order valence-corrected chi connectivity index (χ4v) is 2.79. The second-order valence-corrected chi connectivity index (χ2v) is 7.30. The molecule has 0 aliphatic rings. The Balaban J connectivity index is 2.05. The fourth-order valence-electron chi connectivity index (χ4n) is 2.24. The molecule has 2 N–H and O–H groups in total. The Morgan fingerprint density at radius 3 is 2.44 bits per heavy atom. The van der Waals surface area contributed by atoms with Gasteiger partial charge >= 0.3 is 0 Å². The molecule has 0 radical (unpaired) electrons. The molecule has 0 aromatic heterocycles. The van der Waals surface area contributed by atoms with Gasteiger partial charge in [-0.05, 0) is 30.2 Å². The van der Waals surface area contributed by atoms with Crippen LogP contribution in [-0.4, -0.2) is 24.1 Å². The summed E-state index contributed by atoms with van der Waals surface area (Å²) in [5.41, 5.74) is 3.35. The van der Waals surface area contributed by atoms with Crippen LogP contribution in [0.1, 0.15) is 29.8 Å². The monoisotopic (exact) mass is 425 g/mol. The maximum Gasteiger partial charge on any atom is 0.262 e. The summed E-state index contributed by atoms with van der Waals surface area (Å²) in [4.78, 5) is 24.8. The summed E-state index contributed by atoms with van der Waals surface area (Å²) in [6, 6.07) is 10.8. The van der Waals surface area contributed by atoms with E-state index in [4.69, 9.17) is 34.8 Å². The number of halogens is 3. The van der Waals surface area contributed by atoms with Gasteiger partial charge in [-0.1, -0.05) is 66.8 Å². The van der Waals surface area contributed by atoms with Gasteiger partial charge in [0.2, 0.25) is 0 Å². The molecule has 0 heterocycles. The van der Waals surface area contributed by atoms with Gasteiger partial charge in [0.15, 0.2) is 0 Å². The Morgan fingerprint density at radius 2 is 1.78 bits per heavy atom. The highest BCUT2D eigenvalue weighted by Gasteiger charge is 2.24. The molecule has 27 heavy (non-hydrogen) atoms. The number of carbonyl (C=O) groups excluding carboxylic acids is 2. The number of amides is 2. The van der Waals surface area contributed by atoms with E-state index in [2.05, 4.69) is 15.8 Å². The van der Waals surface area contributed by atoms with Crippen LogP contribution in [0.2, 0.25) is 15.1 Å². The first kappa shape index (κ1) is 21.2. The number of hydrogen-bond donors (Lipinski definition) is 2. The summed E-state index contributed by atoms with van der Waals surface area (Å²) in [5, 5.41) is 7.77. The summed E-state index contributed by atoms with van der Waals surface area (Å²) in [6.45, 7) is 3.64. The summed E-state index contributed by atoms with van der Waals surface area (Å²) in [7, 11) is 0.